The third-order valence-electron chi connectivity index (χ3n) is 3.16. The highest BCUT2D eigenvalue weighted by Gasteiger charge is 2.16. The molecule has 0 fully saturated rings. The van der Waals surface area contributed by atoms with Gasteiger partial charge >= 0.3 is 0 Å². The van der Waals surface area contributed by atoms with E-state index in [1.54, 1.807) is 7.11 Å². The Balaban J connectivity index is 2.58. The maximum Gasteiger partial charge on any atom is 0.111 e. The van der Waals surface area contributed by atoms with Gasteiger partial charge in [-0.1, -0.05) is 12.1 Å². The monoisotopic (exact) mass is 266 g/mol. The SMILES string of the molecule is COCC(C)n1c(CCCl)nc2c(C)cccc21. The van der Waals surface area contributed by atoms with E-state index in [0.29, 0.717) is 12.5 Å². The Labute approximate surface area is 113 Å². The first-order valence-corrected chi connectivity index (χ1v) is 6.73. The van der Waals surface area contributed by atoms with Gasteiger partial charge in [-0.2, -0.15) is 0 Å². The molecule has 2 rings (SSSR count). The topological polar surface area (TPSA) is 27.1 Å². The zero-order valence-corrected chi connectivity index (χ0v) is 11.9. The van der Waals surface area contributed by atoms with Crippen LogP contribution in [0.5, 0.6) is 0 Å². The van der Waals surface area contributed by atoms with Gasteiger partial charge in [0, 0.05) is 19.4 Å². The second-order valence-electron chi connectivity index (χ2n) is 4.58. The summed E-state index contributed by atoms with van der Waals surface area (Å²) in [7, 11) is 1.72. The van der Waals surface area contributed by atoms with E-state index in [4.69, 9.17) is 21.3 Å². The van der Waals surface area contributed by atoms with Crippen molar-refractivity contribution in [1.29, 1.82) is 0 Å². The average molecular weight is 267 g/mol. The number of alkyl halides is 1. The van der Waals surface area contributed by atoms with E-state index in [2.05, 4.69) is 36.6 Å². The van der Waals surface area contributed by atoms with Crippen LogP contribution in [0, 0.1) is 6.92 Å². The minimum atomic E-state index is 0.264. The molecule has 2 aromatic rings. The van der Waals surface area contributed by atoms with Crippen molar-refractivity contribution in [3.05, 3.63) is 29.6 Å². The van der Waals surface area contributed by atoms with Crippen molar-refractivity contribution < 1.29 is 4.74 Å². The maximum absolute atomic E-state index is 5.87. The molecule has 0 saturated heterocycles. The molecule has 1 heterocycles. The number of halogens is 1. The van der Waals surface area contributed by atoms with Crippen LogP contribution in [0.3, 0.4) is 0 Å². The molecule has 1 aromatic heterocycles. The Bertz CT molecular complexity index is 536. The Hall–Kier alpha value is -1.06. The number of aryl methyl sites for hydroxylation is 2. The van der Waals surface area contributed by atoms with E-state index in [1.165, 1.54) is 11.1 Å². The van der Waals surface area contributed by atoms with E-state index in [1.807, 2.05) is 0 Å². The van der Waals surface area contributed by atoms with E-state index < -0.39 is 0 Å². The van der Waals surface area contributed by atoms with Gasteiger partial charge in [0.25, 0.3) is 0 Å². The van der Waals surface area contributed by atoms with Gasteiger partial charge in [0.2, 0.25) is 0 Å². The van der Waals surface area contributed by atoms with Crippen molar-refractivity contribution in [2.45, 2.75) is 26.3 Å². The molecule has 0 bridgehead atoms. The van der Waals surface area contributed by atoms with Gasteiger partial charge < -0.3 is 9.30 Å². The summed E-state index contributed by atoms with van der Waals surface area (Å²) in [5.41, 5.74) is 3.44. The number of rotatable bonds is 5. The third-order valence-corrected chi connectivity index (χ3v) is 3.35. The highest BCUT2D eigenvalue weighted by atomic mass is 35.5. The summed E-state index contributed by atoms with van der Waals surface area (Å²) in [6.45, 7) is 4.91. The normalized spacial score (nSPS) is 13.1. The number of fused-ring (bicyclic) bond motifs is 1. The molecule has 1 aromatic carbocycles. The van der Waals surface area contributed by atoms with Gasteiger partial charge in [-0.3, -0.25) is 0 Å². The number of ether oxygens (including phenoxy) is 1. The molecule has 1 atom stereocenters. The second kappa shape index (κ2) is 5.72. The van der Waals surface area contributed by atoms with E-state index >= 15 is 0 Å². The molecule has 98 valence electrons. The number of imidazole rings is 1. The van der Waals surface area contributed by atoms with Crippen LogP contribution in [0.4, 0.5) is 0 Å². The predicted molar refractivity (Wildman–Crippen MR) is 75.5 cm³/mol. The zero-order valence-electron chi connectivity index (χ0n) is 11.1. The molecule has 4 heteroatoms. The first-order chi connectivity index (χ1) is 8.69. The first-order valence-electron chi connectivity index (χ1n) is 6.20. The molecule has 0 saturated carbocycles. The molecule has 0 aliphatic rings. The minimum absolute atomic E-state index is 0.264. The molecule has 0 radical (unpaired) electrons. The van der Waals surface area contributed by atoms with Gasteiger partial charge in [0.1, 0.15) is 5.82 Å². The number of aromatic nitrogens is 2. The molecule has 0 N–H and O–H groups in total. The summed E-state index contributed by atoms with van der Waals surface area (Å²) in [5, 5.41) is 0. The molecule has 0 aliphatic carbocycles. The number of para-hydroxylation sites is 1. The lowest BCUT2D eigenvalue weighted by Gasteiger charge is -2.16. The number of hydrogen-bond acceptors (Lipinski definition) is 2. The average Bonchev–Trinajstić information content (AvgIpc) is 2.70. The van der Waals surface area contributed by atoms with Gasteiger partial charge in [0.05, 0.1) is 23.7 Å². The molecule has 0 amide bonds. The summed E-state index contributed by atoms with van der Waals surface area (Å²) in [5.74, 6) is 1.63. The largest absolute Gasteiger partial charge is 0.383 e. The lowest BCUT2D eigenvalue weighted by molar-refractivity contribution is 0.162. The Morgan fingerprint density at radius 2 is 2.22 bits per heavy atom. The van der Waals surface area contributed by atoms with Gasteiger partial charge in [-0.25, -0.2) is 4.98 Å². The number of nitrogens with zero attached hydrogens (tertiary/aromatic N) is 2. The maximum atomic E-state index is 5.87. The summed E-state index contributed by atoms with van der Waals surface area (Å²) in [4.78, 5) is 4.73. The number of benzene rings is 1. The molecule has 0 aliphatic heterocycles. The summed E-state index contributed by atoms with van der Waals surface area (Å²) < 4.78 is 7.50. The Morgan fingerprint density at radius 3 is 2.89 bits per heavy atom. The standard InChI is InChI=1S/C14H19ClN2O/c1-10-5-4-6-12-14(10)16-13(7-8-15)17(12)11(2)9-18-3/h4-6,11H,7-9H2,1-3H3. The second-order valence-corrected chi connectivity index (χ2v) is 4.96. The van der Waals surface area contributed by atoms with Crippen LogP contribution in [0.25, 0.3) is 11.0 Å². The summed E-state index contributed by atoms with van der Waals surface area (Å²) in [6, 6.07) is 6.53. The first kappa shape index (κ1) is 13.4. The molecular formula is C14H19ClN2O. The fourth-order valence-electron chi connectivity index (χ4n) is 2.37. The van der Waals surface area contributed by atoms with E-state index in [9.17, 15) is 0 Å². The fraction of sp³-hybridized carbons (Fsp3) is 0.500. The summed E-state index contributed by atoms with van der Waals surface area (Å²) in [6.07, 6.45) is 0.781. The van der Waals surface area contributed by atoms with Crippen molar-refractivity contribution in [3.8, 4) is 0 Å². The van der Waals surface area contributed by atoms with Crippen LogP contribution in [0.2, 0.25) is 0 Å². The molecule has 1 unspecified atom stereocenters. The van der Waals surface area contributed by atoms with E-state index in [-0.39, 0.29) is 6.04 Å². The minimum Gasteiger partial charge on any atom is -0.383 e. The van der Waals surface area contributed by atoms with Gasteiger partial charge in [-0.15, -0.1) is 11.6 Å². The van der Waals surface area contributed by atoms with Crippen molar-refractivity contribution in [3.63, 3.8) is 0 Å². The molecule has 18 heavy (non-hydrogen) atoms. The van der Waals surface area contributed by atoms with Crippen LogP contribution < -0.4 is 0 Å². The Kier molecular flexibility index (Phi) is 4.25. The van der Waals surface area contributed by atoms with Crippen LogP contribution in [-0.4, -0.2) is 29.1 Å². The highest BCUT2D eigenvalue weighted by Crippen LogP contribution is 2.24. The van der Waals surface area contributed by atoms with Crippen molar-refractivity contribution in [1.82, 2.24) is 9.55 Å². The van der Waals surface area contributed by atoms with E-state index in [0.717, 1.165) is 17.8 Å². The van der Waals surface area contributed by atoms with Crippen molar-refractivity contribution in [2.75, 3.05) is 19.6 Å². The van der Waals surface area contributed by atoms with Crippen molar-refractivity contribution >= 4 is 22.6 Å². The van der Waals surface area contributed by atoms with Crippen LogP contribution in [-0.2, 0) is 11.2 Å². The molecular weight excluding hydrogens is 248 g/mol. The third kappa shape index (κ3) is 2.38. The zero-order chi connectivity index (χ0) is 13.1. The lowest BCUT2D eigenvalue weighted by Crippen LogP contribution is -2.14. The van der Waals surface area contributed by atoms with Crippen molar-refractivity contribution in [2.24, 2.45) is 0 Å². The molecule has 0 spiro atoms. The van der Waals surface area contributed by atoms with Gasteiger partial charge in [0.15, 0.2) is 0 Å². The van der Waals surface area contributed by atoms with Gasteiger partial charge in [-0.05, 0) is 25.5 Å². The number of hydrogen-bond donors (Lipinski definition) is 0. The Morgan fingerprint density at radius 1 is 1.44 bits per heavy atom. The number of methoxy groups -OCH3 is 1. The summed E-state index contributed by atoms with van der Waals surface area (Å²) >= 11 is 5.87. The molecule has 3 nitrogen and oxygen atoms in total. The van der Waals surface area contributed by atoms with Crippen LogP contribution in [0.1, 0.15) is 24.4 Å². The predicted octanol–water partition coefficient (Wildman–Crippen LogP) is 3.33. The van der Waals surface area contributed by atoms with Crippen LogP contribution >= 0.6 is 11.6 Å². The lowest BCUT2D eigenvalue weighted by atomic mass is 10.2. The highest BCUT2D eigenvalue weighted by molar-refractivity contribution is 6.17. The fourth-order valence-corrected chi connectivity index (χ4v) is 2.54. The van der Waals surface area contributed by atoms with Crippen LogP contribution in [0.15, 0.2) is 18.2 Å². The quantitative estimate of drug-likeness (QED) is 0.776. The smallest absolute Gasteiger partial charge is 0.111 e.